The smallest absolute Gasteiger partial charge is 0.270 e. The number of aromatic amines is 1. The van der Waals surface area contributed by atoms with Gasteiger partial charge in [0.15, 0.2) is 0 Å². The molecule has 0 aliphatic carbocycles. The predicted octanol–water partition coefficient (Wildman–Crippen LogP) is 3.98. The lowest BCUT2D eigenvalue weighted by molar-refractivity contribution is 0.0713. The van der Waals surface area contributed by atoms with Crippen molar-refractivity contribution < 1.29 is 22.3 Å². The molecule has 2 aromatic carbocycles. The van der Waals surface area contributed by atoms with E-state index in [1.165, 1.54) is 12.1 Å². The van der Waals surface area contributed by atoms with Crippen LogP contribution in [0.5, 0.6) is 11.6 Å². The minimum Gasteiger partial charge on any atom is -0.439 e. The number of ether oxygens (including phenoxy) is 1. The summed E-state index contributed by atoms with van der Waals surface area (Å²) in [5.41, 5.74) is 1.63. The Morgan fingerprint density at radius 1 is 1.14 bits per heavy atom. The number of H-pyrrole nitrogens is 1. The van der Waals surface area contributed by atoms with Gasteiger partial charge in [-0.25, -0.2) is 17.8 Å². The van der Waals surface area contributed by atoms with Gasteiger partial charge in [-0.05, 0) is 49.2 Å². The number of nitrogens with zero attached hydrogens (tertiary/aromatic N) is 3. The van der Waals surface area contributed by atoms with E-state index in [1.54, 1.807) is 53.6 Å². The highest BCUT2D eigenvalue weighted by Crippen LogP contribution is 2.24. The van der Waals surface area contributed by atoms with Crippen LogP contribution in [0.3, 0.4) is 0 Å². The summed E-state index contributed by atoms with van der Waals surface area (Å²) in [6.07, 6.45) is 4.06. The zero-order valence-corrected chi connectivity index (χ0v) is 20.8. The highest BCUT2D eigenvalue weighted by atomic mass is 32.2. The zero-order chi connectivity index (χ0) is 26.0. The summed E-state index contributed by atoms with van der Waals surface area (Å²) in [5, 5.41) is 4.03. The van der Waals surface area contributed by atoms with Crippen molar-refractivity contribution in [3.8, 4) is 11.6 Å². The molecule has 192 valence electrons. The van der Waals surface area contributed by atoms with Crippen LogP contribution in [0.2, 0.25) is 0 Å². The molecule has 0 radical (unpaired) electrons. The number of fused-ring (bicyclic) bond motifs is 1. The number of benzene rings is 2. The molecule has 0 bridgehead atoms. The van der Waals surface area contributed by atoms with Gasteiger partial charge in [0, 0.05) is 54.1 Å². The van der Waals surface area contributed by atoms with E-state index in [9.17, 15) is 17.6 Å². The fourth-order valence-electron chi connectivity index (χ4n) is 4.23. The quantitative estimate of drug-likeness (QED) is 0.334. The van der Waals surface area contributed by atoms with Crippen LogP contribution >= 0.6 is 0 Å². The van der Waals surface area contributed by atoms with Crippen LogP contribution in [0.15, 0.2) is 60.8 Å². The third kappa shape index (κ3) is 6.15. The van der Waals surface area contributed by atoms with Gasteiger partial charge in [-0.15, -0.1) is 0 Å². The maximum absolute atomic E-state index is 13.4. The van der Waals surface area contributed by atoms with Crippen LogP contribution in [-0.4, -0.2) is 59.6 Å². The molecular weight excluding hydrogens is 499 g/mol. The summed E-state index contributed by atoms with van der Waals surface area (Å²) >= 11 is 0. The molecule has 1 aliphatic rings. The molecule has 5 rings (SSSR count). The van der Waals surface area contributed by atoms with E-state index in [4.69, 9.17) is 4.74 Å². The lowest BCUT2D eigenvalue weighted by Crippen LogP contribution is -2.42. The van der Waals surface area contributed by atoms with Crippen LogP contribution < -0.4 is 14.8 Å². The topological polar surface area (TPSA) is 129 Å². The molecule has 37 heavy (non-hydrogen) atoms. The number of sulfonamides is 1. The summed E-state index contributed by atoms with van der Waals surface area (Å²) in [7, 11) is -3.39. The second-order valence-corrected chi connectivity index (χ2v) is 10.6. The molecule has 0 unspecified atom stereocenters. The van der Waals surface area contributed by atoms with E-state index in [0.29, 0.717) is 54.9 Å². The fraction of sp³-hybridized carbons (Fsp3) is 0.240. The lowest BCUT2D eigenvalue weighted by Gasteiger charge is -2.32. The normalized spacial score (nSPS) is 14.5. The highest BCUT2D eigenvalue weighted by Gasteiger charge is 2.25. The first-order valence-electron chi connectivity index (χ1n) is 11.6. The molecule has 1 saturated heterocycles. The number of halogens is 1. The Morgan fingerprint density at radius 2 is 1.95 bits per heavy atom. The summed E-state index contributed by atoms with van der Waals surface area (Å²) in [6.45, 7) is 1.10. The Bertz CT molecular complexity index is 1550. The number of carbonyl (C=O) groups excluding carboxylic acids is 1. The van der Waals surface area contributed by atoms with Crippen LogP contribution in [0.1, 0.15) is 23.3 Å². The number of carbonyl (C=O) groups is 1. The van der Waals surface area contributed by atoms with Gasteiger partial charge in [0.1, 0.15) is 17.3 Å². The van der Waals surface area contributed by atoms with E-state index < -0.39 is 15.8 Å². The monoisotopic (exact) mass is 524 g/mol. The summed E-state index contributed by atoms with van der Waals surface area (Å²) in [5.74, 6) is 0.523. The molecule has 0 atom stereocenters. The largest absolute Gasteiger partial charge is 0.439 e. The minimum atomic E-state index is -3.39. The van der Waals surface area contributed by atoms with E-state index in [1.807, 2.05) is 0 Å². The molecule has 0 spiro atoms. The number of nitrogens with one attached hydrogen (secondary N) is 3. The Kier molecular flexibility index (Phi) is 6.66. The van der Waals surface area contributed by atoms with Gasteiger partial charge in [-0.1, -0.05) is 6.07 Å². The third-order valence-electron chi connectivity index (χ3n) is 5.92. The number of piperidine rings is 1. The van der Waals surface area contributed by atoms with Gasteiger partial charge in [0.2, 0.25) is 21.9 Å². The number of rotatable bonds is 7. The highest BCUT2D eigenvalue weighted by molar-refractivity contribution is 7.92. The fourth-order valence-corrected chi connectivity index (χ4v) is 4.78. The Hall–Kier alpha value is -4.19. The standard InChI is InChI=1S/C25H25FN6O4S/c1-37(34,35)31-19-5-6-21-16(13-19)14-22(29-21)24(33)32-11-8-18(9-12-32)28-25-27-10-7-23(30-25)36-20-4-2-3-17(26)15-20/h2-7,10,13-15,18,29,31H,8-9,11-12H2,1H3,(H,27,28,30). The molecule has 1 amide bonds. The van der Waals surface area contributed by atoms with Crippen molar-refractivity contribution in [2.45, 2.75) is 18.9 Å². The minimum absolute atomic E-state index is 0.0702. The van der Waals surface area contributed by atoms with E-state index in [0.717, 1.165) is 17.2 Å². The Morgan fingerprint density at radius 3 is 2.70 bits per heavy atom. The molecule has 12 heteroatoms. The molecular formula is C25H25FN6O4S. The number of aromatic nitrogens is 3. The van der Waals surface area contributed by atoms with Crippen molar-refractivity contribution in [2.75, 3.05) is 29.4 Å². The van der Waals surface area contributed by atoms with Gasteiger partial charge in [0.05, 0.1) is 6.26 Å². The van der Waals surface area contributed by atoms with Gasteiger partial charge in [-0.3, -0.25) is 9.52 Å². The predicted molar refractivity (Wildman–Crippen MR) is 138 cm³/mol. The third-order valence-corrected chi connectivity index (χ3v) is 6.52. The van der Waals surface area contributed by atoms with Crippen molar-refractivity contribution in [3.05, 3.63) is 72.3 Å². The molecule has 2 aromatic heterocycles. The number of likely N-dealkylation sites (tertiary alicyclic amines) is 1. The number of hydrogen-bond acceptors (Lipinski definition) is 7. The van der Waals surface area contributed by atoms with Crippen molar-refractivity contribution in [1.29, 1.82) is 0 Å². The van der Waals surface area contributed by atoms with Gasteiger partial charge in [-0.2, -0.15) is 4.98 Å². The molecule has 1 fully saturated rings. The van der Waals surface area contributed by atoms with E-state index in [2.05, 4.69) is 25.0 Å². The van der Waals surface area contributed by atoms with Crippen LogP contribution in [-0.2, 0) is 10.0 Å². The first-order valence-corrected chi connectivity index (χ1v) is 13.5. The summed E-state index contributed by atoms with van der Waals surface area (Å²) in [6, 6.07) is 14.3. The first kappa shape index (κ1) is 24.5. The van der Waals surface area contributed by atoms with Crippen LogP contribution in [0, 0.1) is 5.82 Å². The molecule has 1 aliphatic heterocycles. The van der Waals surface area contributed by atoms with Crippen molar-refractivity contribution >= 4 is 38.5 Å². The number of anilines is 2. The van der Waals surface area contributed by atoms with E-state index in [-0.39, 0.29) is 11.9 Å². The molecule has 0 saturated carbocycles. The van der Waals surface area contributed by atoms with Gasteiger partial charge >= 0.3 is 0 Å². The molecule has 3 N–H and O–H groups in total. The van der Waals surface area contributed by atoms with Gasteiger partial charge in [0.25, 0.3) is 5.91 Å². The SMILES string of the molecule is CS(=O)(=O)Nc1ccc2[nH]c(C(=O)N3CCC(Nc4nccc(Oc5cccc(F)c5)n4)CC3)cc2c1. The summed E-state index contributed by atoms with van der Waals surface area (Å²) < 4.78 is 44.4. The second kappa shape index (κ2) is 10.1. The molecule has 3 heterocycles. The zero-order valence-electron chi connectivity index (χ0n) is 19.9. The van der Waals surface area contributed by atoms with Crippen molar-refractivity contribution in [1.82, 2.24) is 19.9 Å². The van der Waals surface area contributed by atoms with Crippen LogP contribution in [0.4, 0.5) is 16.0 Å². The van der Waals surface area contributed by atoms with Gasteiger partial charge < -0.3 is 19.9 Å². The van der Waals surface area contributed by atoms with Crippen molar-refractivity contribution in [3.63, 3.8) is 0 Å². The number of amides is 1. The maximum Gasteiger partial charge on any atom is 0.270 e. The molecule has 10 nitrogen and oxygen atoms in total. The number of hydrogen-bond donors (Lipinski definition) is 3. The maximum atomic E-state index is 13.4. The molecule has 4 aromatic rings. The second-order valence-electron chi connectivity index (χ2n) is 8.85. The lowest BCUT2D eigenvalue weighted by atomic mass is 10.0. The van der Waals surface area contributed by atoms with Crippen molar-refractivity contribution in [2.24, 2.45) is 0 Å². The first-order chi connectivity index (χ1) is 17.7. The van der Waals surface area contributed by atoms with Crippen LogP contribution in [0.25, 0.3) is 10.9 Å². The Labute approximate surface area is 212 Å². The average Bonchev–Trinajstić information content (AvgIpc) is 3.27. The average molecular weight is 525 g/mol. The summed E-state index contributed by atoms with van der Waals surface area (Å²) in [4.78, 5) is 26.6. The Balaban J connectivity index is 1.18. The van der Waals surface area contributed by atoms with E-state index >= 15 is 0 Å².